The largest absolute Gasteiger partial charge is 0.311 e. The SMILES string of the molecule is O=C(CSc1cccc(Br)c1)N1CCc2cc(S(=O)(=O)N3CCCCC3)ccc21. The Labute approximate surface area is 184 Å². The molecule has 2 aromatic carbocycles. The fourth-order valence-corrected chi connectivity index (χ4v) is 6.78. The van der Waals surface area contributed by atoms with Crippen LogP contribution in [0.2, 0.25) is 0 Å². The van der Waals surface area contributed by atoms with Gasteiger partial charge in [0, 0.05) is 34.7 Å². The predicted molar refractivity (Wildman–Crippen MR) is 120 cm³/mol. The van der Waals surface area contributed by atoms with Gasteiger partial charge in [-0.15, -0.1) is 11.8 Å². The molecule has 1 amide bonds. The predicted octanol–water partition coefficient (Wildman–Crippen LogP) is 4.31. The van der Waals surface area contributed by atoms with E-state index in [-0.39, 0.29) is 5.91 Å². The molecule has 154 valence electrons. The maximum absolute atomic E-state index is 12.9. The van der Waals surface area contributed by atoms with Crippen molar-refractivity contribution >= 4 is 49.3 Å². The Hall–Kier alpha value is -1.35. The van der Waals surface area contributed by atoms with Crippen molar-refractivity contribution in [3.05, 3.63) is 52.5 Å². The summed E-state index contributed by atoms with van der Waals surface area (Å²) in [6.45, 7) is 1.79. The summed E-state index contributed by atoms with van der Waals surface area (Å²) in [5, 5.41) is 0. The van der Waals surface area contributed by atoms with Crippen molar-refractivity contribution in [1.29, 1.82) is 0 Å². The molecular weight excluding hydrogens is 472 g/mol. The maximum Gasteiger partial charge on any atom is 0.243 e. The molecule has 0 spiro atoms. The van der Waals surface area contributed by atoms with E-state index in [0.29, 0.717) is 36.7 Å². The van der Waals surface area contributed by atoms with Crippen LogP contribution in [0.3, 0.4) is 0 Å². The second-order valence-corrected chi connectivity index (χ2v) is 11.2. The first kappa shape index (κ1) is 20.9. The third kappa shape index (κ3) is 4.55. The Kier molecular flexibility index (Phi) is 6.34. The lowest BCUT2D eigenvalue weighted by Gasteiger charge is -2.26. The van der Waals surface area contributed by atoms with E-state index in [1.165, 1.54) is 11.8 Å². The lowest BCUT2D eigenvalue weighted by Crippen LogP contribution is -2.35. The van der Waals surface area contributed by atoms with Crippen LogP contribution in [0, 0.1) is 0 Å². The first-order valence-corrected chi connectivity index (χ1v) is 13.0. The van der Waals surface area contributed by atoms with E-state index in [1.807, 2.05) is 24.3 Å². The highest BCUT2D eigenvalue weighted by Gasteiger charge is 2.30. The first-order valence-electron chi connectivity index (χ1n) is 9.77. The third-order valence-corrected chi connectivity index (χ3v) is 8.73. The molecule has 1 fully saturated rings. The van der Waals surface area contributed by atoms with Crippen molar-refractivity contribution in [2.75, 3.05) is 30.3 Å². The van der Waals surface area contributed by atoms with Gasteiger partial charge >= 0.3 is 0 Å². The van der Waals surface area contributed by atoms with E-state index < -0.39 is 10.0 Å². The van der Waals surface area contributed by atoms with E-state index in [1.54, 1.807) is 27.4 Å². The quantitative estimate of drug-likeness (QED) is 0.581. The summed E-state index contributed by atoms with van der Waals surface area (Å²) < 4.78 is 28.4. The van der Waals surface area contributed by atoms with E-state index in [4.69, 9.17) is 0 Å². The Morgan fingerprint density at radius 1 is 1.03 bits per heavy atom. The minimum absolute atomic E-state index is 0.0420. The Morgan fingerprint density at radius 2 is 1.83 bits per heavy atom. The zero-order valence-corrected chi connectivity index (χ0v) is 19.2. The molecule has 4 rings (SSSR count). The fourth-order valence-electron chi connectivity index (χ4n) is 3.83. The molecule has 0 aliphatic carbocycles. The molecule has 1 saturated heterocycles. The number of thioether (sulfide) groups is 1. The molecule has 29 heavy (non-hydrogen) atoms. The second-order valence-electron chi connectivity index (χ2n) is 7.30. The number of halogens is 1. The van der Waals surface area contributed by atoms with E-state index in [9.17, 15) is 13.2 Å². The number of rotatable bonds is 5. The third-order valence-electron chi connectivity index (χ3n) is 5.36. The van der Waals surface area contributed by atoms with E-state index >= 15 is 0 Å². The minimum Gasteiger partial charge on any atom is -0.311 e. The number of hydrogen-bond donors (Lipinski definition) is 0. The molecule has 0 saturated carbocycles. The summed E-state index contributed by atoms with van der Waals surface area (Å²) in [6.07, 6.45) is 3.61. The lowest BCUT2D eigenvalue weighted by molar-refractivity contribution is -0.116. The monoisotopic (exact) mass is 494 g/mol. The average Bonchev–Trinajstić information content (AvgIpc) is 3.16. The fraction of sp³-hybridized carbons (Fsp3) is 0.381. The van der Waals surface area contributed by atoms with Crippen molar-refractivity contribution < 1.29 is 13.2 Å². The van der Waals surface area contributed by atoms with E-state index in [0.717, 1.165) is 39.9 Å². The molecular formula is C21H23BrN2O3S2. The van der Waals surface area contributed by atoms with Gasteiger partial charge in [0.1, 0.15) is 0 Å². The number of anilines is 1. The van der Waals surface area contributed by atoms with Crippen molar-refractivity contribution in [3.63, 3.8) is 0 Å². The van der Waals surface area contributed by atoms with Gasteiger partial charge in [0.15, 0.2) is 0 Å². The number of benzene rings is 2. The van der Waals surface area contributed by atoms with Crippen LogP contribution in [0.25, 0.3) is 0 Å². The number of amides is 1. The molecule has 2 aliphatic heterocycles. The Balaban J connectivity index is 1.47. The van der Waals surface area contributed by atoms with Crippen LogP contribution in [0.15, 0.2) is 56.7 Å². The van der Waals surface area contributed by atoms with E-state index in [2.05, 4.69) is 15.9 Å². The van der Waals surface area contributed by atoms with Gasteiger partial charge < -0.3 is 4.90 Å². The highest BCUT2D eigenvalue weighted by Crippen LogP contribution is 2.33. The molecule has 0 aromatic heterocycles. The van der Waals surface area contributed by atoms with Crippen LogP contribution in [-0.2, 0) is 21.2 Å². The first-order chi connectivity index (χ1) is 13.9. The van der Waals surface area contributed by atoms with Crippen molar-refractivity contribution in [2.24, 2.45) is 0 Å². The molecule has 0 N–H and O–H groups in total. The molecule has 0 unspecified atom stereocenters. The second kappa shape index (κ2) is 8.79. The van der Waals surface area contributed by atoms with Crippen molar-refractivity contribution in [2.45, 2.75) is 35.5 Å². The van der Waals surface area contributed by atoms with Gasteiger partial charge in [-0.25, -0.2) is 8.42 Å². The summed E-state index contributed by atoms with van der Waals surface area (Å²) in [5.41, 5.74) is 1.77. The molecule has 0 radical (unpaired) electrons. The molecule has 8 heteroatoms. The van der Waals surface area contributed by atoms with Crippen LogP contribution in [0.4, 0.5) is 5.69 Å². The topological polar surface area (TPSA) is 57.7 Å². The normalized spacial score (nSPS) is 17.3. The van der Waals surface area contributed by atoms with Gasteiger partial charge in [-0.1, -0.05) is 28.4 Å². The zero-order valence-electron chi connectivity index (χ0n) is 16.0. The van der Waals surface area contributed by atoms with Gasteiger partial charge in [-0.2, -0.15) is 4.31 Å². The molecule has 2 aliphatic rings. The Morgan fingerprint density at radius 3 is 2.59 bits per heavy atom. The van der Waals surface area contributed by atoms with Gasteiger partial charge in [0.25, 0.3) is 0 Å². The van der Waals surface area contributed by atoms with Crippen molar-refractivity contribution in [1.82, 2.24) is 4.31 Å². The van der Waals surface area contributed by atoms with Crippen LogP contribution in [-0.4, -0.2) is 44.0 Å². The zero-order chi connectivity index (χ0) is 20.4. The summed E-state index contributed by atoms with van der Waals surface area (Å²) in [7, 11) is -3.45. The summed E-state index contributed by atoms with van der Waals surface area (Å²) in [6, 6.07) is 13.1. The van der Waals surface area contributed by atoms with Gasteiger partial charge in [-0.3, -0.25) is 4.79 Å². The highest BCUT2D eigenvalue weighted by molar-refractivity contribution is 9.10. The molecule has 2 heterocycles. The number of carbonyl (C=O) groups is 1. The lowest BCUT2D eigenvalue weighted by atomic mass is 10.2. The number of carbonyl (C=O) groups excluding carboxylic acids is 1. The van der Waals surface area contributed by atoms with Crippen molar-refractivity contribution in [3.8, 4) is 0 Å². The highest BCUT2D eigenvalue weighted by atomic mass is 79.9. The summed E-state index contributed by atoms with van der Waals surface area (Å²) >= 11 is 4.95. The van der Waals surface area contributed by atoms with Crippen LogP contribution >= 0.6 is 27.7 Å². The van der Waals surface area contributed by atoms with Crippen LogP contribution < -0.4 is 4.90 Å². The number of fused-ring (bicyclic) bond motifs is 1. The summed E-state index contributed by atoms with van der Waals surface area (Å²) in [4.78, 5) is 15.9. The van der Waals surface area contributed by atoms with Gasteiger partial charge in [0.2, 0.25) is 15.9 Å². The summed E-state index contributed by atoms with van der Waals surface area (Å²) in [5.74, 6) is 0.393. The molecule has 5 nitrogen and oxygen atoms in total. The number of sulfonamides is 1. The molecule has 0 atom stereocenters. The van der Waals surface area contributed by atoms with Gasteiger partial charge in [-0.05, 0) is 61.2 Å². The number of nitrogens with zero attached hydrogens (tertiary/aromatic N) is 2. The molecule has 2 aromatic rings. The minimum atomic E-state index is -3.45. The number of piperidine rings is 1. The molecule has 0 bridgehead atoms. The maximum atomic E-state index is 12.9. The van der Waals surface area contributed by atoms with Crippen LogP contribution in [0.1, 0.15) is 24.8 Å². The number of hydrogen-bond acceptors (Lipinski definition) is 4. The average molecular weight is 495 g/mol. The smallest absolute Gasteiger partial charge is 0.243 e. The Bertz CT molecular complexity index is 1020. The van der Waals surface area contributed by atoms with Gasteiger partial charge in [0.05, 0.1) is 10.6 Å². The standard InChI is InChI=1S/C21H23BrN2O3S2/c22-17-5-4-6-18(14-17)28-15-21(25)24-12-9-16-13-19(7-8-20(16)24)29(26,27)23-10-2-1-3-11-23/h4-8,13-14H,1-3,9-12,15H2. The van der Waals surface area contributed by atoms with Crippen LogP contribution in [0.5, 0.6) is 0 Å².